The van der Waals surface area contributed by atoms with Crippen molar-refractivity contribution in [1.29, 1.82) is 0 Å². The topological polar surface area (TPSA) is 107 Å². The van der Waals surface area contributed by atoms with E-state index >= 15 is 8.78 Å². The molecule has 0 saturated carbocycles. The molecular weight excluding hydrogens is 530 g/mol. The van der Waals surface area contributed by atoms with Crippen molar-refractivity contribution in [2.45, 2.75) is 69.1 Å². The quantitative estimate of drug-likeness (QED) is 0.508. The molecule has 2 fully saturated rings. The van der Waals surface area contributed by atoms with Gasteiger partial charge in [0.25, 0.3) is 0 Å². The summed E-state index contributed by atoms with van der Waals surface area (Å²) in [6, 6.07) is 10.6. The SMILES string of the molecule is CC(=O)N1CCC(OC[C@H](O)CO)(c2cc(F)c(CN3[C@@H](C)CC[C@H](c4ccccc4)S3(=O)=O)cc2F)CC1. The number of amides is 1. The van der Waals surface area contributed by atoms with Crippen molar-refractivity contribution in [3.8, 4) is 0 Å². The summed E-state index contributed by atoms with van der Waals surface area (Å²) in [5.41, 5.74) is -0.813. The van der Waals surface area contributed by atoms with Crippen LogP contribution in [-0.4, -0.2) is 72.2 Å². The summed E-state index contributed by atoms with van der Waals surface area (Å²) in [5.74, 6) is -1.68. The number of aliphatic hydroxyl groups excluding tert-OH is 2. The molecule has 0 unspecified atom stereocenters. The minimum absolute atomic E-state index is 0.0613. The van der Waals surface area contributed by atoms with Crippen molar-refractivity contribution in [3.63, 3.8) is 0 Å². The zero-order chi connectivity index (χ0) is 28.4. The van der Waals surface area contributed by atoms with E-state index in [4.69, 9.17) is 4.74 Å². The van der Waals surface area contributed by atoms with Crippen LogP contribution < -0.4 is 0 Å². The number of sulfonamides is 1. The zero-order valence-electron chi connectivity index (χ0n) is 22.2. The molecule has 0 aliphatic carbocycles. The third kappa shape index (κ3) is 6.17. The lowest BCUT2D eigenvalue weighted by molar-refractivity contribution is -0.143. The van der Waals surface area contributed by atoms with E-state index < -0.39 is 45.2 Å². The van der Waals surface area contributed by atoms with Gasteiger partial charge in [-0.15, -0.1) is 0 Å². The Balaban J connectivity index is 1.63. The summed E-state index contributed by atoms with van der Waals surface area (Å²) in [7, 11) is -3.84. The fourth-order valence-electron chi connectivity index (χ4n) is 5.56. The summed E-state index contributed by atoms with van der Waals surface area (Å²) in [5, 5.41) is 18.3. The number of benzene rings is 2. The van der Waals surface area contributed by atoms with Gasteiger partial charge in [-0.05, 0) is 50.3 Å². The predicted octanol–water partition coefficient (Wildman–Crippen LogP) is 3.23. The monoisotopic (exact) mass is 566 g/mol. The van der Waals surface area contributed by atoms with Gasteiger partial charge in [0.15, 0.2) is 0 Å². The van der Waals surface area contributed by atoms with Crippen molar-refractivity contribution in [1.82, 2.24) is 9.21 Å². The van der Waals surface area contributed by atoms with Crippen LogP contribution in [-0.2, 0) is 31.7 Å². The van der Waals surface area contributed by atoms with E-state index in [2.05, 4.69) is 0 Å². The maximum absolute atomic E-state index is 15.7. The number of nitrogens with zero attached hydrogens (tertiary/aromatic N) is 2. The summed E-state index contributed by atoms with van der Waals surface area (Å²) in [6.45, 7) is 2.51. The molecule has 0 radical (unpaired) electrons. The molecule has 3 atom stereocenters. The molecule has 214 valence electrons. The highest BCUT2D eigenvalue weighted by molar-refractivity contribution is 7.89. The maximum Gasteiger partial charge on any atom is 0.221 e. The van der Waals surface area contributed by atoms with E-state index in [1.54, 1.807) is 36.1 Å². The minimum atomic E-state index is -3.84. The van der Waals surface area contributed by atoms with Gasteiger partial charge in [-0.3, -0.25) is 4.79 Å². The summed E-state index contributed by atoms with van der Waals surface area (Å²) >= 11 is 0. The van der Waals surface area contributed by atoms with Gasteiger partial charge >= 0.3 is 0 Å². The summed E-state index contributed by atoms with van der Waals surface area (Å²) < 4.78 is 65.6. The second kappa shape index (κ2) is 12.0. The largest absolute Gasteiger partial charge is 0.394 e. The lowest BCUT2D eigenvalue weighted by Gasteiger charge is -2.42. The molecule has 2 heterocycles. The molecule has 4 rings (SSSR count). The summed E-state index contributed by atoms with van der Waals surface area (Å²) in [6.07, 6.45) is 0.144. The highest BCUT2D eigenvalue weighted by Crippen LogP contribution is 2.41. The van der Waals surface area contributed by atoms with E-state index in [0.717, 1.165) is 12.1 Å². The van der Waals surface area contributed by atoms with E-state index in [0.29, 0.717) is 18.4 Å². The van der Waals surface area contributed by atoms with Crippen LogP contribution >= 0.6 is 0 Å². The fraction of sp³-hybridized carbons (Fsp3) is 0.536. The van der Waals surface area contributed by atoms with Crippen LogP contribution in [0.4, 0.5) is 8.78 Å². The third-order valence-electron chi connectivity index (χ3n) is 7.93. The molecule has 0 bridgehead atoms. The minimum Gasteiger partial charge on any atom is -0.394 e. The number of halogens is 2. The molecule has 8 nitrogen and oxygen atoms in total. The molecule has 2 aromatic rings. The van der Waals surface area contributed by atoms with Crippen molar-refractivity contribution in [2.24, 2.45) is 0 Å². The molecule has 2 N–H and O–H groups in total. The number of aliphatic hydroxyl groups is 2. The van der Waals surface area contributed by atoms with E-state index in [1.165, 1.54) is 11.2 Å². The highest BCUT2D eigenvalue weighted by Gasteiger charge is 2.43. The normalized spacial score (nSPS) is 23.9. The fourth-order valence-corrected chi connectivity index (χ4v) is 7.75. The number of carbonyl (C=O) groups excluding carboxylic acids is 1. The van der Waals surface area contributed by atoms with E-state index in [1.807, 2.05) is 6.07 Å². The zero-order valence-corrected chi connectivity index (χ0v) is 23.0. The Kier molecular flexibility index (Phi) is 9.07. The lowest BCUT2D eigenvalue weighted by Crippen LogP contribution is -2.47. The first-order valence-electron chi connectivity index (χ1n) is 13.2. The number of carbonyl (C=O) groups is 1. The second-order valence-electron chi connectivity index (χ2n) is 10.5. The number of rotatable bonds is 8. The standard InChI is InChI=1S/C28H36F2N2O6S/c1-19-8-9-27(21-6-4-3-5-7-21)39(36,37)32(19)16-22-14-26(30)24(15-25(22)29)28(38-18-23(35)17-33)10-12-31(13-11-28)20(2)34/h3-7,14-15,19,23,27,33,35H,8-13,16-18H2,1-2H3/t19-,23+,27+/m0/s1. The Morgan fingerprint density at radius 1 is 1.13 bits per heavy atom. The van der Waals surface area contributed by atoms with Crippen LogP contribution in [0.2, 0.25) is 0 Å². The van der Waals surface area contributed by atoms with Crippen LogP contribution in [0, 0.1) is 11.6 Å². The molecular formula is C28H36F2N2O6S. The van der Waals surface area contributed by atoms with E-state index in [-0.39, 0.29) is 62.2 Å². The van der Waals surface area contributed by atoms with Gasteiger partial charge in [-0.1, -0.05) is 30.3 Å². The first kappa shape index (κ1) is 29.5. The van der Waals surface area contributed by atoms with Crippen LogP contribution in [0.3, 0.4) is 0 Å². The maximum atomic E-state index is 15.7. The van der Waals surface area contributed by atoms with Gasteiger partial charge in [0.1, 0.15) is 23.0 Å². The number of piperidine rings is 1. The Hall–Kier alpha value is -2.44. The molecule has 2 aliphatic rings. The van der Waals surface area contributed by atoms with Gasteiger partial charge in [-0.2, -0.15) is 4.31 Å². The molecule has 2 saturated heterocycles. The molecule has 1 amide bonds. The first-order valence-corrected chi connectivity index (χ1v) is 14.7. The van der Waals surface area contributed by atoms with Gasteiger partial charge < -0.3 is 19.8 Å². The number of likely N-dealkylation sites (tertiary alicyclic amines) is 1. The lowest BCUT2D eigenvalue weighted by atomic mass is 9.83. The second-order valence-corrected chi connectivity index (χ2v) is 12.6. The Morgan fingerprint density at radius 3 is 2.41 bits per heavy atom. The van der Waals surface area contributed by atoms with Crippen LogP contribution in [0.25, 0.3) is 0 Å². The van der Waals surface area contributed by atoms with Gasteiger partial charge in [0, 0.05) is 43.7 Å². The van der Waals surface area contributed by atoms with Crippen LogP contribution in [0.1, 0.15) is 61.5 Å². The van der Waals surface area contributed by atoms with Gasteiger partial charge in [0.2, 0.25) is 15.9 Å². The van der Waals surface area contributed by atoms with Crippen molar-refractivity contribution < 1.29 is 36.9 Å². The molecule has 11 heteroatoms. The number of hydrogen-bond donors (Lipinski definition) is 2. The molecule has 2 aromatic carbocycles. The van der Waals surface area contributed by atoms with Crippen LogP contribution in [0.5, 0.6) is 0 Å². The Bertz CT molecular complexity index is 1270. The average Bonchev–Trinajstić information content (AvgIpc) is 2.91. The average molecular weight is 567 g/mol. The third-order valence-corrected chi connectivity index (χ3v) is 10.3. The Morgan fingerprint density at radius 2 is 1.79 bits per heavy atom. The molecule has 0 spiro atoms. The van der Waals surface area contributed by atoms with Crippen molar-refractivity contribution in [3.05, 3.63) is 70.8 Å². The predicted molar refractivity (Wildman–Crippen MR) is 141 cm³/mol. The van der Waals surface area contributed by atoms with E-state index in [9.17, 15) is 23.4 Å². The smallest absolute Gasteiger partial charge is 0.221 e. The Labute approximate surface area is 228 Å². The highest BCUT2D eigenvalue weighted by atomic mass is 32.2. The van der Waals surface area contributed by atoms with Crippen molar-refractivity contribution >= 4 is 15.9 Å². The molecule has 2 aliphatic heterocycles. The van der Waals surface area contributed by atoms with Crippen LogP contribution in [0.15, 0.2) is 42.5 Å². The van der Waals surface area contributed by atoms with Crippen molar-refractivity contribution in [2.75, 3.05) is 26.3 Å². The molecule has 0 aromatic heterocycles. The number of hydrogen-bond acceptors (Lipinski definition) is 6. The van der Waals surface area contributed by atoms with Gasteiger partial charge in [-0.25, -0.2) is 17.2 Å². The molecule has 39 heavy (non-hydrogen) atoms. The number of ether oxygens (including phenoxy) is 1. The van der Waals surface area contributed by atoms with Gasteiger partial charge in [0.05, 0.1) is 18.8 Å². The first-order chi connectivity index (χ1) is 18.5. The summed E-state index contributed by atoms with van der Waals surface area (Å²) in [4.78, 5) is 13.4.